The van der Waals surface area contributed by atoms with Crippen LogP contribution in [0.25, 0.3) is 22.2 Å². The van der Waals surface area contributed by atoms with Gasteiger partial charge in [-0.15, -0.1) is 0 Å². The van der Waals surface area contributed by atoms with Gasteiger partial charge in [-0.1, -0.05) is 32.0 Å². The first-order valence-electron chi connectivity index (χ1n) is 6.95. The van der Waals surface area contributed by atoms with Crippen molar-refractivity contribution in [1.29, 1.82) is 0 Å². The predicted octanol–water partition coefficient (Wildman–Crippen LogP) is 4.07. The molecular weight excluding hydrogens is 246 g/mol. The van der Waals surface area contributed by atoms with E-state index in [1.807, 2.05) is 19.4 Å². The zero-order valence-corrected chi connectivity index (χ0v) is 12.4. The van der Waals surface area contributed by atoms with Crippen molar-refractivity contribution in [3.63, 3.8) is 0 Å². The van der Waals surface area contributed by atoms with E-state index in [9.17, 15) is 0 Å². The highest BCUT2D eigenvalue weighted by Crippen LogP contribution is 2.27. The topological polar surface area (TPSA) is 30.7 Å². The van der Waals surface area contributed by atoms with Gasteiger partial charge < -0.3 is 0 Å². The molecule has 2 heterocycles. The molecule has 0 atom stereocenters. The van der Waals surface area contributed by atoms with Gasteiger partial charge in [0.05, 0.1) is 0 Å². The smallest absolute Gasteiger partial charge is 0.181 e. The Balaban J connectivity index is 2.08. The molecule has 1 aromatic carbocycles. The number of fused-ring (bicyclic) bond motifs is 1. The molecule has 0 amide bonds. The molecule has 0 aliphatic rings. The van der Waals surface area contributed by atoms with Crippen LogP contribution in [0.15, 0.2) is 36.7 Å². The molecule has 0 aliphatic heterocycles. The summed E-state index contributed by atoms with van der Waals surface area (Å²) in [7, 11) is 1.92. The molecule has 0 spiro atoms. The first kappa shape index (κ1) is 12.9. The molecular formula is C17H19N3. The van der Waals surface area contributed by atoms with Crippen LogP contribution in [0.5, 0.6) is 0 Å². The summed E-state index contributed by atoms with van der Waals surface area (Å²) in [5.41, 5.74) is 5.90. The van der Waals surface area contributed by atoms with Crippen molar-refractivity contribution >= 4 is 11.0 Å². The van der Waals surface area contributed by atoms with Gasteiger partial charge in [-0.05, 0) is 35.6 Å². The minimum Gasteiger partial charge on any atom is -0.273 e. The van der Waals surface area contributed by atoms with Crippen molar-refractivity contribution in [2.45, 2.75) is 26.7 Å². The normalized spacial score (nSPS) is 11.4. The van der Waals surface area contributed by atoms with Crippen LogP contribution in [0.4, 0.5) is 0 Å². The van der Waals surface area contributed by atoms with Crippen molar-refractivity contribution in [3.8, 4) is 11.1 Å². The lowest BCUT2D eigenvalue weighted by Crippen LogP contribution is -1.92. The summed E-state index contributed by atoms with van der Waals surface area (Å²) >= 11 is 0. The highest BCUT2D eigenvalue weighted by atomic mass is 15.3. The fourth-order valence-corrected chi connectivity index (χ4v) is 2.69. The molecule has 0 aliphatic carbocycles. The lowest BCUT2D eigenvalue weighted by atomic mass is 9.94. The molecule has 3 nitrogen and oxygen atoms in total. The standard InChI is InChI=1S/C17H19N3/c1-11(2)16-6-5-13(7-12(16)3)14-8-15-10-20(4)19-17(15)18-9-14/h5-11H,1-4H3. The largest absolute Gasteiger partial charge is 0.273 e. The van der Waals surface area contributed by atoms with Crippen LogP contribution in [0.2, 0.25) is 0 Å². The Morgan fingerprint density at radius 1 is 1.10 bits per heavy atom. The number of nitrogens with zero attached hydrogens (tertiary/aromatic N) is 3. The third-order valence-corrected chi connectivity index (χ3v) is 3.70. The van der Waals surface area contributed by atoms with E-state index < -0.39 is 0 Å². The Hall–Kier alpha value is -2.16. The zero-order chi connectivity index (χ0) is 14.3. The molecule has 3 heteroatoms. The number of pyridine rings is 1. The summed E-state index contributed by atoms with van der Waals surface area (Å²) < 4.78 is 1.80. The lowest BCUT2D eigenvalue weighted by Gasteiger charge is -2.11. The van der Waals surface area contributed by atoms with Crippen molar-refractivity contribution in [1.82, 2.24) is 14.8 Å². The monoisotopic (exact) mass is 265 g/mol. The van der Waals surface area contributed by atoms with Gasteiger partial charge in [0.2, 0.25) is 0 Å². The minimum atomic E-state index is 0.558. The van der Waals surface area contributed by atoms with Gasteiger partial charge in [0.25, 0.3) is 0 Å². The summed E-state index contributed by atoms with van der Waals surface area (Å²) in [6, 6.07) is 8.80. The first-order valence-corrected chi connectivity index (χ1v) is 6.95. The first-order chi connectivity index (χ1) is 9.54. The maximum atomic E-state index is 4.43. The Kier molecular flexibility index (Phi) is 3.05. The van der Waals surface area contributed by atoms with Crippen LogP contribution in [0.1, 0.15) is 30.9 Å². The van der Waals surface area contributed by atoms with Crippen LogP contribution in [-0.2, 0) is 7.05 Å². The quantitative estimate of drug-likeness (QED) is 0.699. The average Bonchev–Trinajstić information content (AvgIpc) is 2.77. The molecule has 2 aromatic heterocycles. The molecule has 20 heavy (non-hydrogen) atoms. The van der Waals surface area contributed by atoms with Gasteiger partial charge in [0.15, 0.2) is 5.65 Å². The summed E-state index contributed by atoms with van der Waals surface area (Å²) in [6.07, 6.45) is 3.90. The predicted molar refractivity (Wildman–Crippen MR) is 82.8 cm³/mol. The van der Waals surface area contributed by atoms with E-state index in [2.05, 4.69) is 55.1 Å². The van der Waals surface area contributed by atoms with E-state index in [0.717, 1.165) is 16.6 Å². The number of aromatic nitrogens is 3. The van der Waals surface area contributed by atoms with Gasteiger partial charge in [-0.2, -0.15) is 5.10 Å². The van der Waals surface area contributed by atoms with E-state index in [1.165, 1.54) is 16.7 Å². The van der Waals surface area contributed by atoms with Gasteiger partial charge in [-0.3, -0.25) is 4.68 Å². The lowest BCUT2D eigenvalue weighted by molar-refractivity contribution is 0.776. The summed E-state index contributed by atoms with van der Waals surface area (Å²) in [5.74, 6) is 0.558. The summed E-state index contributed by atoms with van der Waals surface area (Å²) in [4.78, 5) is 4.43. The molecule has 0 fully saturated rings. The molecule has 0 saturated carbocycles. The number of hydrogen-bond acceptors (Lipinski definition) is 2. The average molecular weight is 265 g/mol. The second kappa shape index (κ2) is 4.75. The second-order valence-electron chi connectivity index (χ2n) is 5.67. The van der Waals surface area contributed by atoms with E-state index >= 15 is 0 Å². The van der Waals surface area contributed by atoms with Crippen LogP contribution < -0.4 is 0 Å². The fraction of sp³-hybridized carbons (Fsp3) is 0.294. The number of hydrogen-bond donors (Lipinski definition) is 0. The maximum Gasteiger partial charge on any atom is 0.181 e. The van der Waals surface area contributed by atoms with E-state index in [1.54, 1.807) is 4.68 Å². The molecule has 3 rings (SSSR count). The van der Waals surface area contributed by atoms with Gasteiger partial charge >= 0.3 is 0 Å². The molecule has 0 bridgehead atoms. The molecule has 0 radical (unpaired) electrons. The number of benzene rings is 1. The molecule has 102 valence electrons. The van der Waals surface area contributed by atoms with E-state index in [0.29, 0.717) is 5.92 Å². The van der Waals surface area contributed by atoms with Crippen LogP contribution >= 0.6 is 0 Å². The Morgan fingerprint density at radius 2 is 1.90 bits per heavy atom. The van der Waals surface area contributed by atoms with Crippen LogP contribution in [-0.4, -0.2) is 14.8 Å². The maximum absolute atomic E-state index is 4.43. The van der Waals surface area contributed by atoms with Crippen molar-refractivity contribution in [2.75, 3.05) is 0 Å². The van der Waals surface area contributed by atoms with E-state index in [-0.39, 0.29) is 0 Å². The third kappa shape index (κ3) is 2.20. The zero-order valence-electron chi connectivity index (χ0n) is 12.4. The van der Waals surface area contributed by atoms with Gasteiger partial charge in [0.1, 0.15) is 0 Å². The molecule has 0 N–H and O–H groups in total. The number of rotatable bonds is 2. The Morgan fingerprint density at radius 3 is 2.60 bits per heavy atom. The van der Waals surface area contributed by atoms with Crippen LogP contribution in [0, 0.1) is 6.92 Å². The third-order valence-electron chi connectivity index (χ3n) is 3.70. The van der Waals surface area contributed by atoms with Gasteiger partial charge in [-0.25, -0.2) is 4.98 Å². The number of aryl methyl sites for hydroxylation is 2. The van der Waals surface area contributed by atoms with Gasteiger partial charge in [0, 0.05) is 30.4 Å². The van der Waals surface area contributed by atoms with Crippen molar-refractivity contribution in [3.05, 3.63) is 47.8 Å². The minimum absolute atomic E-state index is 0.558. The fourth-order valence-electron chi connectivity index (χ4n) is 2.69. The van der Waals surface area contributed by atoms with E-state index in [4.69, 9.17) is 0 Å². The summed E-state index contributed by atoms with van der Waals surface area (Å²) in [6.45, 7) is 6.63. The highest BCUT2D eigenvalue weighted by molar-refractivity contribution is 5.80. The molecule has 3 aromatic rings. The van der Waals surface area contributed by atoms with Crippen LogP contribution in [0.3, 0.4) is 0 Å². The second-order valence-corrected chi connectivity index (χ2v) is 5.67. The molecule has 0 unspecified atom stereocenters. The Bertz CT molecular complexity index is 769. The van der Waals surface area contributed by atoms with Crippen molar-refractivity contribution < 1.29 is 0 Å². The van der Waals surface area contributed by atoms with Crippen molar-refractivity contribution in [2.24, 2.45) is 7.05 Å². The molecule has 0 saturated heterocycles. The summed E-state index contributed by atoms with van der Waals surface area (Å²) in [5, 5.41) is 5.39. The Labute approximate surface area is 119 Å². The SMILES string of the molecule is Cc1cc(-c2cnc3nn(C)cc3c2)ccc1C(C)C. The highest BCUT2D eigenvalue weighted by Gasteiger charge is 2.07.